The van der Waals surface area contributed by atoms with Gasteiger partial charge in [-0.25, -0.2) is 0 Å². The van der Waals surface area contributed by atoms with Crippen molar-refractivity contribution < 1.29 is 4.74 Å². The number of hydrogen-bond acceptors (Lipinski definition) is 3. The summed E-state index contributed by atoms with van der Waals surface area (Å²) in [5, 5.41) is 0. The summed E-state index contributed by atoms with van der Waals surface area (Å²) in [5.41, 5.74) is 5.77. The van der Waals surface area contributed by atoms with Gasteiger partial charge in [-0.05, 0) is 39.2 Å². The Balaban J connectivity index is 3.91. The molecule has 0 aliphatic heterocycles. The molecule has 0 amide bonds. The Morgan fingerprint density at radius 1 is 1.12 bits per heavy atom. The van der Waals surface area contributed by atoms with Gasteiger partial charge in [0.25, 0.3) is 0 Å². The molecule has 0 saturated carbocycles. The summed E-state index contributed by atoms with van der Waals surface area (Å²) in [7, 11) is 1.78. The third-order valence-corrected chi connectivity index (χ3v) is 3.40. The van der Waals surface area contributed by atoms with Gasteiger partial charge in [-0.1, -0.05) is 20.3 Å². The van der Waals surface area contributed by atoms with Crippen LogP contribution in [0, 0.1) is 0 Å². The number of nitrogens with two attached hydrogens (primary N) is 1. The first-order valence-electron chi connectivity index (χ1n) is 7.14. The minimum Gasteiger partial charge on any atom is -0.383 e. The quantitative estimate of drug-likeness (QED) is 0.568. The van der Waals surface area contributed by atoms with Crippen LogP contribution in [0.15, 0.2) is 0 Å². The van der Waals surface area contributed by atoms with Crippen LogP contribution in [0.1, 0.15) is 52.9 Å². The highest BCUT2D eigenvalue weighted by Gasteiger charge is 2.14. The second-order valence-electron chi connectivity index (χ2n) is 4.97. The molecule has 0 bridgehead atoms. The first-order valence-corrected chi connectivity index (χ1v) is 7.14. The highest BCUT2D eigenvalue weighted by atomic mass is 16.5. The smallest absolute Gasteiger partial charge is 0.0589 e. The lowest BCUT2D eigenvalue weighted by Gasteiger charge is -2.30. The topological polar surface area (TPSA) is 38.5 Å². The predicted molar refractivity (Wildman–Crippen MR) is 75.3 cm³/mol. The normalized spacial score (nSPS) is 13.6. The third-order valence-electron chi connectivity index (χ3n) is 3.40. The lowest BCUT2D eigenvalue weighted by molar-refractivity contribution is 0.113. The maximum Gasteiger partial charge on any atom is 0.0589 e. The van der Waals surface area contributed by atoms with Gasteiger partial charge >= 0.3 is 0 Å². The van der Waals surface area contributed by atoms with Gasteiger partial charge in [0.05, 0.1) is 6.61 Å². The van der Waals surface area contributed by atoms with Crippen molar-refractivity contribution >= 4 is 0 Å². The van der Waals surface area contributed by atoms with Crippen LogP contribution in [0.3, 0.4) is 0 Å². The van der Waals surface area contributed by atoms with Crippen LogP contribution in [0.4, 0.5) is 0 Å². The molecular formula is C14H32N2O. The maximum absolute atomic E-state index is 5.77. The molecule has 0 spiro atoms. The Kier molecular flexibility index (Phi) is 10.9. The van der Waals surface area contributed by atoms with Crippen molar-refractivity contribution in [2.24, 2.45) is 5.73 Å². The minimum atomic E-state index is 0.343. The molecular weight excluding hydrogens is 212 g/mol. The number of hydrogen-bond donors (Lipinski definition) is 1. The van der Waals surface area contributed by atoms with E-state index in [0.717, 1.165) is 19.6 Å². The van der Waals surface area contributed by atoms with E-state index in [9.17, 15) is 0 Å². The van der Waals surface area contributed by atoms with Gasteiger partial charge < -0.3 is 10.5 Å². The molecule has 0 aromatic carbocycles. The Hall–Kier alpha value is -0.120. The van der Waals surface area contributed by atoms with Crippen LogP contribution < -0.4 is 5.73 Å². The van der Waals surface area contributed by atoms with Crippen LogP contribution in [0.2, 0.25) is 0 Å². The lowest BCUT2D eigenvalue weighted by Crippen LogP contribution is -2.37. The summed E-state index contributed by atoms with van der Waals surface area (Å²) < 4.78 is 5.19. The lowest BCUT2D eigenvalue weighted by atomic mass is 10.1. The highest BCUT2D eigenvalue weighted by Crippen LogP contribution is 2.10. The van der Waals surface area contributed by atoms with Gasteiger partial charge in [0, 0.05) is 25.7 Å². The second kappa shape index (κ2) is 11.0. The van der Waals surface area contributed by atoms with E-state index in [1.807, 2.05) is 0 Å². The van der Waals surface area contributed by atoms with Crippen molar-refractivity contribution in [1.82, 2.24) is 4.90 Å². The van der Waals surface area contributed by atoms with E-state index < -0.39 is 0 Å². The van der Waals surface area contributed by atoms with E-state index in [-0.39, 0.29) is 0 Å². The predicted octanol–water partition coefficient (Wildman–Crippen LogP) is 2.64. The van der Waals surface area contributed by atoms with Gasteiger partial charge in [-0.15, -0.1) is 0 Å². The molecule has 17 heavy (non-hydrogen) atoms. The average molecular weight is 244 g/mol. The number of rotatable bonds is 11. The molecule has 0 heterocycles. The van der Waals surface area contributed by atoms with Gasteiger partial charge in [0.2, 0.25) is 0 Å². The molecule has 0 aliphatic carbocycles. The Bertz CT molecular complexity index is 158. The van der Waals surface area contributed by atoms with Crippen molar-refractivity contribution in [2.75, 3.05) is 26.8 Å². The van der Waals surface area contributed by atoms with Gasteiger partial charge in [0.1, 0.15) is 0 Å². The molecule has 3 nitrogen and oxygen atoms in total. The van der Waals surface area contributed by atoms with E-state index in [0.29, 0.717) is 12.1 Å². The van der Waals surface area contributed by atoms with Crippen LogP contribution >= 0.6 is 0 Å². The maximum atomic E-state index is 5.77. The summed E-state index contributed by atoms with van der Waals surface area (Å²) in [4.78, 5) is 2.57. The summed E-state index contributed by atoms with van der Waals surface area (Å²) in [5.74, 6) is 0. The van der Waals surface area contributed by atoms with E-state index in [2.05, 4.69) is 25.7 Å². The molecule has 0 radical (unpaired) electrons. The van der Waals surface area contributed by atoms with E-state index in [4.69, 9.17) is 10.5 Å². The summed E-state index contributed by atoms with van der Waals surface area (Å²) in [6.45, 7) is 9.71. The minimum absolute atomic E-state index is 0.343. The zero-order valence-electron chi connectivity index (χ0n) is 12.2. The van der Waals surface area contributed by atoms with Crippen molar-refractivity contribution in [3.05, 3.63) is 0 Å². The molecule has 104 valence electrons. The van der Waals surface area contributed by atoms with E-state index in [1.165, 1.54) is 32.2 Å². The van der Waals surface area contributed by atoms with Crippen molar-refractivity contribution in [1.29, 1.82) is 0 Å². The number of methoxy groups -OCH3 is 1. The molecule has 2 N–H and O–H groups in total. The van der Waals surface area contributed by atoms with Crippen LogP contribution in [-0.4, -0.2) is 43.8 Å². The van der Waals surface area contributed by atoms with Crippen molar-refractivity contribution in [3.8, 4) is 0 Å². The largest absolute Gasteiger partial charge is 0.383 e. The van der Waals surface area contributed by atoms with Crippen LogP contribution in [0.25, 0.3) is 0 Å². The Morgan fingerprint density at radius 3 is 2.24 bits per heavy atom. The van der Waals surface area contributed by atoms with Crippen molar-refractivity contribution in [2.45, 2.75) is 65.0 Å². The fourth-order valence-electron chi connectivity index (χ4n) is 2.27. The standard InChI is InChI=1S/C14H32N2O/c1-5-14(6-2)16(11-12-17-4)10-8-7-9-13(3)15/h13-14H,5-12,15H2,1-4H3. The molecule has 0 saturated heterocycles. The van der Waals surface area contributed by atoms with Gasteiger partial charge in [-0.3, -0.25) is 4.90 Å². The molecule has 0 aliphatic rings. The summed E-state index contributed by atoms with van der Waals surface area (Å²) in [6.07, 6.45) is 6.09. The zero-order chi connectivity index (χ0) is 13.1. The molecule has 1 unspecified atom stereocenters. The fraction of sp³-hybridized carbons (Fsp3) is 1.00. The molecule has 3 heteroatoms. The molecule has 0 fully saturated rings. The first-order chi connectivity index (χ1) is 8.15. The zero-order valence-corrected chi connectivity index (χ0v) is 12.2. The number of nitrogens with zero attached hydrogens (tertiary/aromatic N) is 1. The average Bonchev–Trinajstić information content (AvgIpc) is 2.31. The van der Waals surface area contributed by atoms with Crippen molar-refractivity contribution in [3.63, 3.8) is 0 Å². The van der Waals surface area contributed by atoms with Crippen LogP contribution in [-0.2, 0) is 4.74 Å². The monoisotopic (exact) mass is 244 g/mol. The SMILES string of the molecule is CCC(CC)N(CCCCC(C)N)CCOC. The molecule has 0 aromatic rings. The third kappa shape index (κ3) is 8.58. The van der Waals surface area contributed by atoms with Gasteiger partial charge in [0.15, 0.2) is 0 Å². The summed E-state index contributed by atoms with van der Waals surface area (Å²) in [6, 6.07) is 1.05. The van der Waals surface area contributed by atoms with E-state index in [1.54, 1.807) is 7.11 Å². The van der Waals surface area contributed by atoms with E-state index >= 15 is 0 Å². The summed E-state index contributed by atoms with van der Waals surface area (Å²) >= 11 is 0. The first kappa shape index (κ1) is 16.9. The van der Waals surface area contributed by atoms with Crippen LogP contribution in [0.5, 0.6) is 0 Å². The number of ether oxygens (including phenoxy) is 1. The fourth-order valence-corrected chi connectivity index (χ4v) is 2.27. The Morgan fingerprint density at radius 2 is 1.76 bits per heavy atom. The molecule has 0 aromatic heterocycles. The molecule has 0 rings (SSSR count). The number of unbranched alkanes of at least 4 members (excludes halogenated alkanes) is 1. The highest BCUT2D eigenvalue weighted by molar-refractivity contribution is 4.69. The Labute approximate surface area is 108 Å². The van der Waals surface area contributed by atoms with Gasteiger partial charge in [-0.2, -0.15) is 0 Å². The molecule has 1 atom stereocenters. The second-order valence-corrected chi connectivity index (χ2v) is 4.97.